The molecule has 0 aliphatic carbocycles. The second-order valence-electron chi connectivity index (χ2n) is 7.44. The third-order valence-corrected chi connectivity index (χ3v) is 4.57. The molecule has 7 nitrogen and oxygen atoms in total. The number of hydrogen-bond acceptors (Lipinski definition) is 4. The minimum Gasteiger partial charge on any atom is -0.452 e. The number of ether oxygens (including phenoxy) is 1. The fraction of sp³-hybridized carbons (Fsp3) is 0.261. The quantitative estimate of drug-likeness (QED) is 0.588. The molecule has 0 atom stereocenters. The van der Waals surface area contributed by atoms with Crippen LogP contribution >= 0.6 is 0 Å². The number of carbonyl (C=O) groups is 3. The van der Waals surface area contributed by atoms with Crippen LogP contribution in [0, 0.1) is 5.92 Å². The maximum Gasteiger partial charge on any atom is 0.340 e. The van der Waals surface area contributed by atoms with Crippen molar-refractivity contribution in [1.82, 2.24) is 9.88 Å². The van der Waals surface area contributed by atoms with Gasteiger partial charge in [-0.15, -0.1) is 0 Å². The zero-order valence-electron chi connectivity index (χ0n) is 17.3. The van der Waals surface area contributed by atoms with E-state index in [0.717, 1.165) is 10.9 Å². The van der Waals surface area contributed by atoms with Gasteiger partial charge >= 0.3 is 5.97 Å². The second kappa shape index (κ2) is 9.26. The van der Waals surface area contributed by atoms with Crippen molar-refractivity contribution in [1.29, 1.82) is 0 Å². The van der Waals surface area contributed by atoms with E-state index in [1.807, 2.05) is 49.7 Å². The Morgan fingerprint density at radius 3 is 2.47 bits per heavy atom. The number of fused-ring (bicyclic) bond motifs is 1. The summed E-state index contributed by atoms with van der Waals surface area (Å²) in [7, 11) is 1.84. The van der Waals surface area contributed by atoms with Crippen molar-refractivity contribution in [3.63, 3.8) is 0 Å². The Balaban J connectivity index is 1.64. The summed E-state index contributed by atoms with van der Waals surface area (Å²) in [4.78, 5) is 37.2. The first-order valence-electron chi connectivity index (χ1n) is 9.75. The number of aromatic nitrogens is 1. The Labute approximate surface area is 175 Å². The number of benzene rings is 2. The van der Waals surface area contributed by atoms with Crippen LogP contribution in [0.25, 0.3) is 10.9 Å². The minimum absolute atomic E-state index is 0.271. The molecule has 0 spiro atoms. The van der Waals surface area contributed by atoms with Crippen molar-refractivity contribution in [2.24, 2.45) is 13.0 Å². The molecule has 7 heteroatoms. The maximum atomic E-state index is 12.5. The summed E-state index contributed by atoms with van der Waals surface area (Å²) in [6.07, 6.45) is 1.68. The van der Waals surface area contributed by atoms with Crippen LogP contribution in [0.4, 0.5) is 5.69 Å². The zero-order chi connectivity index (χ0) is 21.7. The van der Waals surface area contributed by atoms with Gasteiger partial charge in [-0.3, -0.25) is 9.59 Å². The lowest BCUT2D eigenvalue weighted by Gasteiger charge is -2.12. The lowest BCUT2D eigenvalue weighted by Crippen LogP contribution is -2.29. The first-order chi connectivity index (χ1) is 14.4. The Kier molecular flexibility index (Phi) is 6.51. The fourth-order valence-electron chi connectivity index (χ4n) is 3.08. The zero-order valence-corrected chi connectivity index (χ0v) is 17.3. The molecule has 0 aliphatic rings. The number of aryl methyl sites for hydroxylation is 1. The standard InChI is InChI=1S/C23H25N3O4/c1-15(2)12-24-22(28)17-9-4-6-10-19(17)25-21(27)14-30-23(29)18-13-26(3)20-11-7-5-8-16(18)20/h4-11,13,15H,12,14H2,1-3H3,(H,24,28)(H,25,27). The van der Waals surface area contributed by atoms with Crippen LogP contribution in [0.3, 0.4) is 0 Å². The van der Waals surface area contributed by atoms with Crippen LogP contribution in [-0.2, 0) is 16.6 Å². The van der Waals surface area contributed by atoms with Crippen LogP contribution in [0.1, 0.15) is 34.6 Å². The molecule has 3 aromatic rings. The van der Waals surface area contributed by atoms with Crippen molar-refractivity contribution in [3.8, 4) is 0 Å². The van der Waals surface area contributed by atoms with E-state index in [1.165, 1.54) is 0 Å². The van der Waals surface area contributed by atoms with Gasteiger partial charge in [0.1, 0.15) is 0 Å². The van der Waals surface area contributed by atoms with Gasteiger partial charge < -0.3 is 19.9 Å². The highest BCUT2D eigenvalue weighted by Gasteiger charge is 2.18. The van der Waals surface area contributed by atoms with E-state index in [9.17, 15) is 14.4 Å². The van der Waals surface area contributed by atoms with Gasteiger partial charge in [0.15, 0.2) is 6.61 Å². The highest BCUT2D eigenvalue weighted by Crippen LogP contribution is 2.21. The summed E-state index contributed by atoms with van der Waals surface area (Å²) in [6, 6.07) is 14.2. The highest BCUT2D eigenvalue weighted by molar-refractivity contribution is 6.06. The van der Waals surface area contributed by atoms with Gasteiger partial charge in [-0.05, 0) is 24.1 Å². The smallest absolute Gasteiger partial charge is 0.340 e. The molecule has 0 unspecified atom stereocenters. The monoisotopic (exact) mass is 407 g/mol. The molecule has 0 radical (unpaired) electrons. The molecule has 0 aliphatic heterocycles. The number of para-hydroxylation sites is 2. The van der Waals surface area contributed by atoms with Crippen molar-refractivity contribution in [2.45, 2.75) is 13.8 Å². The average Bonchev–Trinajstić information content (AvgIpc) is 3.07. The molecule has 0 saturated carbocycles. The van der Waals surface area contributed by atoms with Crippen molar-refractivity contribution in [2.75, 3.05) is 18.5 Å². The summed E-state index contributed by atoms with van der Waals surface area (Å²) < 4.78 is 7.03. The largest absolute Gasteiger partial charge is 0.452 e. The summed E-state index contributed by atoms with van der Waals surface area (Å²) in [5.41, 5.74) is 2.02. The number of carbonyl (C=O) groups excluding carboxylic acids is 3. The first kappa shape index (κ1) is 21.1. The van der Waals surface area contributed by atoms with Gasteiger partial charge in [-0.2, -0.15) is 0 Å². The van der Waals surface area contributed by atoms with E-state index in [4.69, 9.17) is 4.74 Å². The van der Waals surface area contributed by atoms with Crippen molar-refractivity contribution in [3.05, 3.63) is 65.9 Å². The van der Waals surface area contributed by atoms with Gasteiger partial charge in [0, 0.05) is 30.7 Å². The van der Waals surface area contributed by atoms with Crippen LogP contribution in [0.5, 0.6) is 0 Å². The van der Waals surface area contributed by atoms with Crippen LogP contribution in [0.2, 0.25) is 0 Å². The normalized spacial score (nSPS) is 10.8. The molecule has 156 valence electrons. The molecular formula is C23H25N3O4. The molecule has 30 heavy (non-hydrogen) atoms. The Morgan fingerprint density at radius 2 is 1.70 bits per heavy atom. The molecule has 2 N–H and O–H groups in total. The number of rotatable bonds is 7. The van der Waals surface area contributed by atoms with Crippen LogP contribution in [-0.4, -0.2) is 35.5 Å². The topological polar surface area (TPSA) is 89.4 Å². The third-order valence-electron chi connectivity index (χ3n) is 4.57. The fourth-order valence-corrected chi connectivity index (χ4v) is 3.08. The number of nitrogens with one attached hydrogen (secondary N) is 2. The summed E-state index contributed by atoms with van der Waals surface area (Å²) in [5, 5.41) is 6.23. The van der Waals surface area contributed by atoms with Crippen LogP contribution < -0.4 is 10.6 Å². The highest BCUT2D eigenvalue weighted by atomic mass is 16.5. The van der Waals surface area contributed by atoms with Gasteiger partial charge in [0.05, 0.1) is 16.8 Å². The molecule has 2 aromatic carbocycles. The number of hydrogen-bond donors (Lipinski definition) is 2. The Morgan fingerprint density at radius 1 is 1.00 bits per heavy atom. The Bertz CT molecular complexity index is 1080. The molecular weight excluding hydrogens is 382 g/mol. The van der Waals surface area contributed by atoms with E-state index in [1.54, 1.807) is 30.5 Å². The SMILES string of the molecule is CC(C)CNC(=O)c1ccccc1NC(=O)COC(=O)c1cn(C)c2ccccc12. The number of amides is 2. The second-order valence-corrected chi connectivity index (χ2v) is 7.44. The summed E-state index contributed by atoms with van der Waals surface area (Å²) in [6.45, 7) is 4.07. The van der Waals surface area contributed by atoms with E-state index >= 15 is 0 Å². The van der Waals surface area contributed by atoms with Gasteiger partial charge in [-0.1, -0.05) is 44.2 Å². The van der Waals surface area contributed by atoms with E-state index in [0.29, 0.717) is 29.3 Å². The van der Waals surface area contributed by atoms with E-state index < -0.39 is 18.5 Å². The molecule has 2 amide bonds. The van der Waals surface area contributed by atoms with Gasteiger partial charge in [0.2, 0.25) is 0 Å². The Hall–Kier alpha value is -3.61. The van der Waals surface area contributed by atoms with Crippen LogP contribution in [0.15, 0.2) is 54.7 Å². The van der Waals surface area contributed by atoms with Gasteiger partial charge in [-0.25, -0.2) is 4.79 Å². The maximum absolute atomic E-state index is 12.5. The molecule has 0 bridgehead atoms. The molecule has 0 saturated heterocycles. The lowest BCUT2D eigenvalue weighted by atomic mass is 10.1. The van der Waals surface area contributed by atoms with Gasteiger partial charge in [0.25, 0.3) is 11.8 Å². The minimum atomic E-state index is -0.579. The molecule has 1 aromatic heterocycles. The average molecular weight is 407 g/mol. The predicted octanol–water partition coefficient (Wildman–Crippen LogP) is 3.36. The molecule has 0 fully saturated rings. The lowest BCUT2D eigenvalue weighted by molar-refractivity contribution is -0.119. The predicted molar refractivity (Wildman–Crippen MR) is 115 cm³/mol. The molecule has 3 rings (SSSR count). The summed E-state index contributed by atoms with van der Waals surface area (Å²) >= 11 is 0. The first-order valence-corrected chi connectivity index (χ1v) is 9.75. The van der Waals surface area contributed by atoms with Crippen molar-refractivity contribution >= 4 is 34.4 Å². The number of esters is 1. The number of nitrogens with zero attached hydrogens (tertiary/aromatic N) is 1. The van der Waals surface area contributed by atoms with Crippen molar-refractivity contribution < 1.29 is 19.1 Å². The van der Waals surface area contributed by atoms with E-state index in [-0.39, 0.29) is 5.91 Å². The summed E-state index contributed by atoms with van der Waals surface area (Å²) in [5.74, 6) is -1.06. The van der Waals surface area contributed by atoms with E-state index in [2.05, 4.69) is 10.6 Å². The number of anilines is 1. The third kappa shape index (κ3) is 4.86. The molecule has 1 heterocycles.